The second-order valence-corrected chi connectivity index (χ2v) is 10.6. The number of hydrogen-bond donors (Lipinski definition) is 0. The summed E-state index contributed by atoms with van der Waals surface area (Å²) in [6.07, 6.45) is 0. The topological polar surface area (TPSA) is 54.5 Å². The number of hydrogen-bond acceptors (Lipinski definition) is 5. The van der Waals surface area contributed by atoms with Crippen molar-refractivity contribution in [1.82, 2.24) is 4.90 Å². The molecule has 1 aliphatic heterocycles. The molecule has 2 rings (SSSR count). The Balaban J connectivity index is 2.06. The van der Waals surface area contributed by atoms with E-state index in [0.29, 0.717) is 12.1 Å². The van der Waals surface area contributed by atoms with E-state index in [9.17, 15) is 13.2 Å². The average molecular weight is 431 g/mol. The quantitative estimate of drug-likeness (QED) is 0.691. The molecule has 0 radical (unpaired) electrons. The smallest absolute Gasteiger partial charge is 0.178 e. The Morgan fingerprint density at radius 1 is 1.53 bits per heavy atom. The molecule has 2 heterocycles. The van der Waals surface area contributed by atoms with Gasteiger partial charge in [0.05, 0.1) is 25.6 Å². The summed E-state index contributed by atoms with van der Waals surface area (Å²) in [6.45, 7) is 2.54. The number of halogens is 2. The fourth-order valence-electron chi connectivity index (χ4n) is 2.07. The highest BCUT2D eigenvalue weighted by Gasteiger charge is 2.29. The SMILES string of the molecule is CC1CS(=O)(=O)CCN1CC(=O)c1cc(Br)sc1Br. The van der Waals surface area contributed by atoms with Crippen molar-refractivity contribution in [3.8, 4) is 0 Å². The predicted molar refractivity (Wildman–Crippen MR) is 83.7 cm³/mol. The maximum atomic E-state index is 12.2. The molecule has 1 unspecified atom stereocenters. The van der Waals surface area contributed by atoms with Crippen LogP contribution in [-0.4, -0.2) is 49.7 Å². The van der Waals surface area contributed by atoms with Crippen LogP contribution in [0.1, 0.15) is 17.3 Å². The van der Waals surface area contributed by atoms with Crippen molar-refractivity contribution in [3.63, 3.8) is 0 Å². The van der Waals surface area contributed by atoms with Crippen LogP contribution in [0.15, 0.2) is 13.6 Å². The maximum absolute atomic E-state index is 12.2. The van der Waals surface area contributed by atoms with Gasteiger partial charge in [-0.2, -0.15) is 0 Å². The van der Waals surface area contributed by atoms with Gasteiger partial charge in [-0.3, -0.25) is 9.69 Å². The average Bonchev–Trinajstić information content (AvgIpc) is 2.61. The van der Waals surface area contributed by atoms with Crippen LogP contribution < -0.4 is 0 Å². The minimum Gasteiger partial charge on any atom is -0.293 e. The first-order valence-electron chi connectivity index (χ1n) is 5.71. The molecule has 1 fully saturated rings. The highest BCUT2D eigenvalue weighted by atomic mass is 79.9. The van der Waals surface area contributed by atoms with Crippen LogP contribution in [0.25, 0.3) is 0 Å². The molecule has 1 aliphatic rings. The lowest BCUT2D eigenvalue weighted by Gasteiger charge is -2.32. The number of ketones is 1. The van der Waals surface area contributed by atoms with Gasteiger partial charge in [-0.25, -0.2) is 8.42 Å². The van der Waals surface area contributed by atoms with Gasteiger partial charge in [0.15, 0.2) is 15.6 Å². The lowest BCUT2D eigenvalue weighted by Crippen LogP contribution is -2.48. The molecule has 1 aromatic heterocycles. The van der Waals surface area contributed by atoms with Crippen LogP contribution in [0.3, 0.4) is 0 Å². The van der Waals surface area contributed by atoms with Crippen molar-refractivity contribution < 1.29 is 13.2 Å². The number of carbonyl (C=O) groups is 1. The Labute approximate surface area is 133 Å². The van der Waals surface area contributed by atoms with Gasteiger partial charge in [0, 0.05) is 18.2 Å². The molecule has 0 amide bonds. The van der Waals surface area contributed by atoms with Gasteiger partial charge in [-0.15, -0.1) is 11.3 Å². The largest absolute Gasteiger partial charge is 0.293 e. The Kier molecular flexibility index (Phi) is 4.88. The molecule has 0 aliphatic carbocycles. The normalized spacial score (nSPS) is 23.4. The Hall–Kier alpha value is 0.240. The summed E-state index contributed by atoms with van der Waals surface area (Å²) >= 11 is 8.17. The third kappa shape index (κ3) is 3.87. The van der Waals surface area contributed by atoms with E-state index in [1.165, 1.54) is 11.3 Å². The molecule has 1 atom stereocenters. The minimum absolute atomic E-state index is 0.0139. The summed E-state index contributed by atoms with van der Waals surface area (Å²) < 4.78 is 24.7. The van der Waals surface area contributed by atoms with E-state index in [0.717, 1.165) is 7.57 Å². The zero-order valence-corrected chi connectivity index (χ0v) is 15.0. The Morgan fingerprint density at radius 3 is 2.74 bits per heavy atom. The van der Waals surface area contributed by atoms with Gasteiger partial charge in [0.1, 0.15) is 0 Å². The fourth-order valence-corrected chi connectivity index (χ4v) is 6.55. The summed E-state index contributed by atoms with van der Waals surface area (Å²) in [5, 5.41) is 0. The van der Waals surface area contributed by atoms with Gasteiger partial charge >= 0.3 is 0 Å². The number of nitrogens with zero attached hydrogens (tertiary/aromatic N) is 1. The van der Waals surface area contributed by atoms with Gasteiger partial charge in [0.25, 0.3) is 0 Å². The van der Waals surface area contributed by atoms with E-state index in [4.69, 9.17) is 0 Å². The lowest BCUT2D eigenvalue weighted by molar-refractivity contribution is 0.0908. The summed E-state index contributed by atoms with van der Waals surface area (Å²) in [4.78, 5) is 14.2. The summed E-state index contributed by atoms with van der Waals surface area (Å²) in [6, 6.07) is 1.69. The Bertz CT molecular complexity index is 597. The summed E-state index contributed by atoms with van der Waals surface area (Å²) in [5.41, 5.74) is 0.650. The van der Waals surface area contributed by atoms with Crippen molar-refractivity contribution in [3.05, 3.63) is 19.2 Å². The van der Waals surface area contributed by atoms with Crippen LogP contribution in [0.5, 0.6) is 0 Å². The van der Waals surface area contributed by atoms with E-state index in [1.807, 2.05) is 11.8 Å². The maximum Gasteiger partial charge on any atom is 0.178 e. The molecule has 4 nitrogen and oxygen atoms in total. The van der Waals surface area contributed by atoms with Crippen LogP contribution in [-0.2, 0) is 9.84 Å². The monoisotopic (exact) mass is 429 g/mol. The molecule has 1 saturated heterocycles. The second-order valence-electron chi connectivity index (χ2n) is 4.59. The third-order valence-corrected chi connectivity index (χ3v) is 7.25. The lowest BCUT2D eigenvalue weighted by atomic mass is 10.2. The van der Waals surface area contributed by atoms with Gasteiger partial charge in [0.2, 0.25) is 0 Å². The molecule has 19 heavy (non-hydrogen) atoms. The first kappa shape index (κ1) is 15.6. The zero-order valence-electron chi connectivity index (χ0n) is 10.2. The van der Waals surface area contributed by atoms with Crippen LogP contribution in [0.2, 0.25) is 0 Å². The highest BCUT2D eigenvalue weighted by molar-refractivity contribution is 9.12. The minimum atomic E-state index is -2.94. The number of thiophene rings is 1. The van der Waals surface area contributed by atoms with Crippen LogP contribution >= 0.6 is 43.2 Å². The second kappa shape index (κ2) is 5.93. The van der Waals surface area contributed by atoms with Gasteiger partial charge in [-0.05, 0) is 44.8 Å². The van der Waals surface area contributed by atoms with Crippen LogP contribution in [0.4, 0.5) is 0 Å². The molecule has 0 bridgehead atoms. The van der Waals surface area contributed by atoms with Crippen molar-refractivity contribution in [2.24, 2.45) is 0 Å². The van der Waals surface area contributed by atoms with E-state index >= 15 is 0 Å². The molecule has 0 saturated carbocycles. The molecule has 1 aromatic rings. The fraction of sp³-hybridized carbons (Fsp3) is 0.545. The molecule has 106 valence electrons. The third-order valence-electron chi connectivity index (χ3n) is 3.11. The number of Topliss-reactive ketones (excluding diaryl/α,β-unsaturated/α-hetero) is 1. The summed E-state index contributed by atoms with van der Waals surface area (Å²) in [5.74, 6) is 0.286. The number of carbonyl (C=O) groups excluding carboxylic acids is 1. The molecule has 8 heteroatoms. The predicted octanol–water partition coefficient (Wildman–Crippen LogP) is 2.57. The van der Waals surface area contributed by atoms with Crippen molar-refractivity contribution in [2.45, 2.75) is 13.0 Å². The highest BCUT2D eigenvalue weighted by Crippen LogP contribution is 2.32. The standard InChI is InChI=1S/C11H13Br2NO3S2/c1-7-6-19(16,17)3-2-14(7)5-9(15)8-4-10(12)18-11(8)13/h4,7H,2-3,5-6H2,1H3. The van der Waals surface area contributed by atoms with Crippen molar-refractivity contribution >= 4 is 58.8 Å². The van der Waals surface area contributed by atoms with Crippen molar-refractivity contribution in [2.75, 3.05) is 24.6 Å². The van der Waals surface area contributed by atoms with Crippen LogP contribution in [0, 0.1) is 0 Å². The van der Waals surface area contributed by atoms with Gasteiger partial charge in [-0.1, -0.05) is 0 Å². The summed E-state index contributed by atoms with van der Waals surface area (Å²) in [7, 11) is -2.94. The number of rotatable bonds is 3. The van der Waals surface area contributed by atoms with Crippen molar-refractivity contribution in [1.29, 1.82) is 0 Å². The molecule has 0 aromatic carbocycles. The molecule has 0 N–H and O–H groups in total. The Morgan fingerprint density at radius 2 is 2.21 bits per heavy atom. The first-order chi connectivity index (χ1) is 8.78. The molecule has 0 spiro atoms. The van der Waals surface area contributed by atoms with E-state index < -0.39 is 9.84 Å². The molecular formula is C11H13Br2NO3S2. The van der Waals surface area contributed by atoms with E-state index in [2.05, 4.69) is 31.9 Å². The van der Waals surface area contributed by atoms with E-state index in [-0.39, 0.29) is 29.9 Å². The van der Waals surface area contributed by atoms with Gasteiger partial charge < -0.3 is 0 Å². The first-order valence-corrected chi connectivity index (χ1v) is 9.93. The molecular weight excluding hydrogens is 418 g/mol. The van der Waals surface area contributed by atoms with E-state index in [1.54, 1.807) is 6.07 Å². The zero-order chi connectivity index (χ0) is 14.2. The number of sulfone groups is 1.